The van der Waals surface area contributed by atoms with Gasteiger partial charge in [0.05, 0.1) is 0 Å². The van der Waals surface area contributed by atoms with E-state index in [1.807, 2.05) is 0 Å². The highest BCUT2D eigenvalue weighted by Gasteiger charge is 2.24. The number of hydrogen-bond acceptors (Lipinski definition) is 2. The van der Waals surface area contributed by atoms with Crippen LogP contribution in [0.4, 0.5) is 0 Å². The molecule has 2 nitrogen and oxygen atoms in total. The fourth-order valence-corrected chi connectivity index (χ4v) is 6.19. The van der Waals surface area contributed by atoms with E-state index in [-0.39, 0.29) is 0 Å². The molecule has 0 amide bonds. The van der Waals surface area contributed by atoms with Crippen molar-refractivity contribution < 1.29 is 0 Å². The highest BCUT2D eigenvalue weighted by molar-refractivity contribution is 4.97. The summed E-state index contributed by atoms with van der Waals surface area (Å²) in [5.74, 6) is 0. The van der Waals surface area contributed by atoms with Crippen molar-refractivity contribution in [3.8, 4) is 0 Å². The number of nitrogens with zero attached hydrogens (tertiary/aromatic N) is 2. The fraction of sp³-hybridized carbons (Fsp3) is 0.944. The summed E-state index contributed by atoms with van der Waals surface area (Å²) in [4.78, 5) is 5.40. The monoisotopic (exact) mass is 533 g/mol. The van der Waals surface area contributed by atoms with E-state index in [4.69, 9.17) is 0 Å². The van der Waals surface area contributed by atoms with E-state index in [1.54, 1.807) is 0 Å². The van der Waals surface area contributed by atoms with Gasteiger partial charge >= 0.3 is 0 Å². The van der Waals surface area contributed by atoms with Crippen LogP contribution in [0.15, 0.2) is 12.4 Å². The van der Waals surface area contributed by atoms with E-state index in [0.29, 0.717) is 6.17 Å². The van der Waals surface area contributed by atoms with Gasteiger partial charge in [-0.15, -0.1) is 0 Å². The Hall–Kier alpha value is -0.660. The Labute approximate surface area is 241 Å². The maximum absolute atomic E-state index is 2.70. The second kappa shape index (κ2) is 27.9. The molecule has 0 spiro atoms. The van der Waals surface area contributed by atoms with E-state index in [0.717, 1.165) is 0 Å². The lowest BCUT2D eigenvalue weighted by molar-refractivity contribution is 0.135. The van der Waals surface area contributed by atoms with Crippen molar-refractivity contribution >= 4 is 0 Å². The zero-order valence-corrected chi connectivity index (χ0v) is 26.8. The summed E-state index contributed by atoms with van der Waals surface area (Å²) < 4.78 is 0. The molecule has 0 fully saturated rings. The average molecular weight is 533 g/mol. The summed E-state index contributed by atoms with van der Waals surface area (Å²) >= 11 is 0. The van der Waals surface area contributed by atoms with E-state index in [1.165, 1.54) is 193 Å². The summed E-state index contributed by atoms with van der Waals surface area (Å²) in [5.41, 5.74) is 0. The molecule has 1 heterocycles. The first kappa shape index (κ1) is 35.4. The van der Waals surface area contributed by atoms with Crippen molar-refractivity contribution in [2.45, 2.75) is 207 Å². The summed E-state index contributed by atoms with van der Waals surface area (Å²) in [5, 5.41) is 0. The summed E-state index contributed by atoms with van der Waals surface area (Å²) in [6.07, 6.45) is 45.5. The zero-order valence-electron chi connectivity index (χ0n) is 26.8. The summed E-state index contributed by atoms with van der Waals surface area (Å²) in [7, 11) is 0. The van der Waals surface area contributed by atoms with Crippen LogP contribution in [0.25, 0.3) is 0 Å². The molecule has 0 N–H and O–H groups in total. The summed E-state index contributed by atoms with van der Waals surface area (Å²) in [6.45, 7) is 9.47. The SMILES string of the molecule is CCCCCCCCCCCCCCCCN1C=CN(CCCCCCCC)C1CCCCCCCCC. The van der Waals surface area contributed by atoms with E-state index < -0.39 is 0 Å². The number of unbranched alkanes of at least 4 members (excludes halogenated alkanes) is 24. The molecule has 0 aromatic rings. The first-order chi connectivity index (χ1) is 18.8. The average Bonchev–Trinajstić information content (AvgIpc) is 3.31. The highest BCUT2D eigenvalue weighted by Crippen LogP contribution is 2.24. The van der Waals surface area contributed by atoms with Crippen molar-refractivity contribution in [3.63, 3.8) is 0 Å². The lowest BCUT2D eigenvalue weighted by atomic mass is 10.0. The maximum Gasteiger partial charge on any atom is 0.101 e. The van der Waals surface area contributed by atoms with Crippen LogP contribution in [0.3, 0.4) is 0 Å². The zero-order chi connectivity index (χ0) is 27.4. The van der Waals surface area contributed by atoms with E-state index in [2.05, 4.69) is 43.0 Å². The van der Waals surface area contributed by atoms with Gasteiger partial charge in [-0.05, 0) is 25.7 Å². The normalized spacial score (nSPS) is 15.3. The fourth-order valence-electron chi connectivity index (χ4n) is 6.19. The molecule has 1 atom stereocenters. The van der Waals surface area contributed by atoms with Gasteiger partial charge in [0.1, 0.15) is 6.17 Å². The van der Waals surface area contributed by atoms with Gasteiger partial charge in [0, 0.05) is 25.5 Å². The van der Waals surface area contributed by atoms with E-state index >= 15 is 0 Å². The van der Waals surface area contributed by atoms with Gasteiger partial charge in [-0.1, -0.05) is 175 Å². The number of hydrogen-bond donors (Lipinski definition) is 0. The molecule has 0 aromatic heterocycles. The Balaban J connectivity index is 2.16. The van der Waals surface area contributed by atoms with Crippen LogP contribution >= 0.6 is 0 Å². The van der Waals surface area contributed by atoms with Gasteiger partial charge in [-0.25, -0.2) is 0 Å². The molecular weight excluding hydrogens is 460 g/mol. The largest absolute Gasteiger partial charge is 0.356 e. The molecule has 0 aromatic carbocycles. The Morgan fingerprint density at radius 1 is 0.342 bits per heavy atom. The van der Waals surface area contributed by atoms with Gasteiger partial charge in [-0.3, -0.25) is 0 Å². The Kier molecular flexibility index (Phi) is 26.0. The topological polar surface area (TPSA) is 6.48 Å². The second-order valence-electron chi connectivity index (χ2n) is 12.5. The molecular formula is C36H72N2. The molecule has 0 radical (unpaired) electrons. The third kappa shape index (κ3) is 20.3. The van der Waals surface area contributed by atoms with Crippen LogP contribution in [0.2, 0.25) is 0 Å². The molecule has 1 unspecified atom stereocenters. The van der Waals surface area contributed by atoms with Crippen molar-refractivity contribution in [1.82, 2.24) is 9.80 Å². The smallest absolute Gasteiger partial charge is 0.101 e. The second-order valence-corrected chi connectivity index (χ2v) is 12.5. The van der Waals surface area contributed by atoms with Crippen molar-refractivity contribution in [2.75, 3.05) is 13.1 Å². The van der Waals surface area contributed by atoms with Crippen LogP contribution in [0.5, 0.6) is 0 Å². The van der Waals surface area contributed by atoms with Crippen molar-refractivity contribution in [1.29, 1.82) is 0 Å². The highest BCUT2D eigenvalue weighted by atomic mass is 15.4. The van der Waals surface area contributed by atoms with Gasteiger partial charge in [0.25, 0.3) is 0 Å². The standard InChI is InChI=1S/C36H72N2/c1-4-7-10-13-16-17-18-19-20-21-22-24-27-30-33-38-35-34-37(32-29-26-15-12-9-6-3)36(38)31-28-25-23-14-11-8-5-2/h34-36H,4-33H2,1-3H3. The number of rotatable bonds is 30. The molecule has 1 rings (SSSR count). The Morgan fingerprint density at radius 3 is 0.921 bits per heavy atom. The van der Waals surface area contributed by atoms with Crippen molar-refractivity contribution in [2.24, 2.45) is 0 Å². The molecule has 38 heavy (non-hydrogen) atoms. The van der Waals surface area contributed by atoms with Gasteiger partial charge in [0.2, 0.25) is 0 Å². The molecule has 1 aliphatic rings. The van der Waals surface area contributed by atoms with Crippen LogP contribution in [-0.2, 0) is 0 Å². The van der Waals surface area contributed by atoms with Gasteiger partial charge < -0.3 is 9.80 Å². The third-order valence-electron chi connectivity index (χ3n) is 8.82. The minimum absolute atomic E-state index is 0.642. The van der Waals surface area contributed by atoms with Gasteiger partial charge in [0.15, 0.2) is 0 Å². The maximum atomic E-state index is 2.70. The Bertz CT molecular complexity index is 488. The molecule has 0 aliphatic carbocycles. The molecule has 2 heteroatoms. The molecule has 0 saturated heterocycles. The minimum atomic E-state index is 0.642. The minimum Gasteiger partial charge on any atom is -0.356 e. The first-order valence-corrected chi connectivity index (χ1v) is 18.0. The van der Waals surface area contributed by atoms with Gasteiger partial charge in [-0.2, -0.15) is 0 Å². The predicted octanol–water partition coefficient (Wildman–Crippen LogP) is 12.4. The molecule has 0 bridgehead atoms. The van der Waals surface area contributed by atoms with E-state index in [9.17, 15) is 0 Å². The lowest BCUT2D eigenvalue weighted by Crippen LogP contribution is -2.39. The first-order valence-electron chi connectivity index (χ1n) is 18.0. The molecule has 0 saturated carbocycles. The Morgan fingerprint density at radius 2 is 0.605 bits per heavy atom. The van der Waals surface area contributed by atoms with Crippen LogP contribution in [-0.4, -0.2) is 29.1 Å². The summed E-state index contributed by atoms with van der Waals surface area (Å²) in [6, 6.07) is 0. The molecule has 226 valence electrons. The van der Waals surface area contributed by atoms with Crippen LogP contribution in [0, 0.1) is 0 Å². The predicted molar refractivity (Wildman–Crippen MR) is 173 cm³/mol. The third-order valence-corrected chi connectivity index (χ3v) is 8.82. The van der Waals surface area contributed by atoms with Crippen LogP contribution in [0.1, 0.15) is 201 Å². The molecule has 1 aliphatic heterocycles. The quantitative estimate of drug-likeness (QED) is 0.0848. The van der Waals surface area contributed by atoms with Crippen molar-refractivity contribution in [3.05, 3.63) is 12.4 Å². The lowest BCUT2D eigenvalue weighted by Gasteiger charge is -2.33. The van der Waals surface area contributed by atoms with Crippen LogP contribution < -0.4 is 0 Å².